The number of aryl methyl sites for hydroxylation is 2. The lowest BCUT2D eigenvalue weighted by atomic mass is 10.0. The normalized spacial score (nSPS) is 11.1. The largest absolute Gasteiger partial charge is 0.336 e. The predicted octanol–water partition coefficient (Wildman–Crippen LogP) is 3.61. The molecule has 0 aliphatic rings. The van der Waals surface area contributed by atoms with Gasteiger partial charge in [-0.2, -0.15) is 10.2 Å². The number of fused-ring (bicyclic) bond motifs is 1. The molecule has 0 N–H and O–H groups in total. The summed E-state index contributed by atoms with van der Waals surface area (Å²) in [4.78, 5) is 19.9. The molecule has 3 aromatic heterocycles. The highest BCUT2D eigenvalue weighted by atomic mass is 16.2. The number of carbonyl (C=O) groups is 1. The Morgan fingerprint density at radius 3 is 2.69 bits per heavy atom. The van der Waals surface area contributed by atoms with Crippen LogP contribution in [0.2, 0.25) is 0 Å². The Balaban J connectivity index is 1.74. The second-order valence-electron chi connectivity index (χ2n) is 6.96. The average molecular weight is 388 g/mol. The minimum atomic E-state index is -0.0448. The van der Waals surface area contributed by atoms with E-state index in [4.69, 9.17) is 4.98 Å². The fourth-order valence-corrected chi connectivity index (χ4v) is 3.47. The lowest BCUT2D eigenvalue weighted by molar-refractivity contribution is 0.0783. The van der Waals surface area contributed by atoms with E-state index in [1.807, 2.05) is 72.9 Å². The predicted molar refractivity (Wildman–Crippen MR) is 112 cm³/mol. The number of hydrogen-bond acceptors (Lipinski definition) is 4. The quantitative estimate of drug-likeness (QED) is 0.506. The van der Waals surface area contributed by atoms with E-state index in [0.29, 0.717) is 12.1 Å². The summed E-state index contributed by atoms with van der Waals surface area (Å²) < 4.78 is 3.75. The van der Waals surface area contributed by atoms with Gasteiger partial charge in [-0.05, 0) is 32.0 Å². The van der Waals surface area contributed by atoms with Gasteiger partial charge in [0.1, 0.15) is 0 Å². The second kappa shape index (κ2) is 7.87. The van der Waals surface area contributed by atoms with Crippen molar-refractivity contribution < 1.29 is 4.79 Å². The number of nitrogens with zero attached hydrogens (tertiary/aromatic N) is 6. The molecule has 0 spiro atoms. The highest BCUT2D eigenvalue weighted by molar-refractivity contribution is 6.07. The van der Waals surface area contributed by atoms with E-state index in [9.17, 15) is 4.79 Å². The van der Waals surface area contributed by atoms with E-state index >= 15 is 0 Å². The molecule has 7 nitrogen and oxygen atoms in total. The number of para-hydroxylation sites is 1. The first-order valence-corrected chi connectivity index (χ1v) is 9.79. The van der Waals surface area contributed by atoms with Gasteiger partial charge in [-0.25, -0.2) is 4.98 Å². The molecule has 0 saturated carbocycles. The molecule has 0 unspecified atom stereocenters. The third kappa shape index (κ3) is 3.63. The molecule has 1 amide bonds. The van der Waals surface area contributed by atoms with Crippen molar-refractivity contribution in [3.05, 3.63) is 66.2 Å². The smallest absolute Gasteiger partial charge is 0.254 e. The van der Waals surface area contributed by atoms with Crippen LogP contribution in [0.15, 0.2) is 55.0 Å². The molecule has 0 radical (unpaired) electrons. The molecule has 7 heteroatoms. The highest BCUT2D eigenvalue weighted by Crippen LogP contribution is 2.26. The number of hydrogen-bond donors (Lipinski definition) is 0. The molecule has 29 heavy (non-hydrogen) atoms. The highest BCUT2D eigenvalue weighted by Gasteiger charge is 2.19. The van der Waals surface area contributed by atoms with E-state index < -0.39 is 0 Å². The summed E-state index contributed by atoms with van der Waals surface area (Å²) in [5, 5.41) is 9.48. The summed E-state index contributed by atoms with van der Waals surface area (Å²) in [5.74, 6) is -0.0448. The Kier molecular flexibility index (Phi) is 5.12. The molecule has 0 atom stereocenters. The first-order valence-electron chi connectivity index (χ1n) is 9.79. The van der Waals surface area contributed by atoms with Gasteiger partial charge in [0.05, 0.1) is 35.2 Å². The van der Waals surface area contributed by atoms with Crippen molar-refractivity contribution in [2.75, 3.05) is 7.05 Å². The molecule has 0 saturated heterocycles. The summed E-state index contributed by atoms with van der Waals surface area (Å²) in [7, 11) is 1.82. The van der Waals surface area contributed by atoms with Gasteiger partial charge < -0.3 is 4.90 Å². The fraction of sp³-hybridized carbons (Fsp3) is 0.273. The van der Waals surface area contributed by atoms with Gasteiger partial charge in [0, 0.05) is 43.5 Å². The standard InChI is InChI=1S/C22H24N6O/c1-4-27-14-16(13-24-27)21-12-19(18-8-6-7-9-20(18)25-21)22(29)26(3)15-17-10-11-23-28(17)5-2/h6-14H,4-5,15H2,1-3H3. The maximum Gasteiger partial charge on any atom is 0.254 e. The molecule has 4 aromatic rings. The summed E-state index contributed by atoms with van der Waals surface area (Å²) >= 11 is 0. The first kappa shape index (κ1) is 18.9. The van der Waals surface area contributed by atoms with Crippen molar-refractivity contribution in [1.29, 1.82) is 0 Å². The summed E-state index contributed by atoms with van der Waals surface area (Å²) in [6, 6.07) is 11.6. The van der Waals surface area contributed by atoms with E-state index in [1.165, 1.54) is 0 Å². The topological polar surface area (TPSA) is 68.8 Å². The lowest BCUT2D eigenvalue weighted by Gasteiger charge is -2.19. The molecule has 0 aliphatic heterocycles. The van der Waals surface area contributed by atoms with E-state index in [0.717, 1.165) is 40.9 Å². The molecule has 148 valence electrons. The number of carbonyl (C=O) groups excluding carboxylic acids is 1. The van der Waals surface area contributed by atoms with Crippen LogP contribution in [0.1, 0.15) is 29.9 Å². The Morgan fingerprint density at radius 1 is 1.10 bits per heavy atom. The molecular formula is C22H24N6O. The molecule has 0 bridgehead atoms. The SMILES string of the molecule is CCn1cc(-c2cc(C(=O)N(C)Cc3ccnn3CC)c3ccccc3n2)cn1. The Bertz CT molecular complexity index is 1160. The van der Waals surface area contributed by atoms with E-state index in [1.54, 1.807) is 17.3 Å². The minimum Gasteiger partial charge on any atom is -0.336 e. The number of rotatable bonds is 6. The summed E-state index contributed by atoms with van der Waals surface area (Å²) in [6.07, 6.45) is 5.51. The van der Waals surface area contributed by atoms with E-state index in [-0.39, 0.29) is 5.91 Å². The van der Waals surface area contributed by atoms with Crippen LogP contribution < -0.4 is 0 Å². The molecular weight excluding hydrogens is 364 g/mol. The molecule has 3 heterocycles. The van der Waals surface area contributed by atoms with Crippen LogP contribution in [0.25, 0.3) is 22.2 Å². The van der Waals surface area contributed by atoms with Crippen molar-refractivity contribution in [2.24, 2.45) is 0 Å². The maximum atomic E-state index is 13.4. The summed E-state index contributed by atoms with van der Waals surface area (Å²) in [5.41, 5.74) is 4.09. The number of aromatic nitrogens is 5. The van der Waals surface area contributed by atoms with Crippen LogP contribution in [0, 0.1) is 0 Å². The van der Waals surface area contributed by atoms with Gasteiger partial charge >= 0.3 is 0 Å². The van der Waals surface area contributed by atoms with Crippen LogP contribution in [0.5, 0.6) is 0 Å². The molecule has 4 rings (SSSR count). The van der Waals surface area contributed by atoms with Gasteiger partial charge in [0.25, 0.3) is 5.91 Å². The van der Waals surface area contributed by atoms with Crippen molar-refractivity contribution in [2.45, 2.75) is 33.5 Å². The van der Waals surface area contributed by atoms with Crippen LogP contribution in [0.4, 0.5) is 0 Å². The van der Waals surface area contributed by atoms with Gasteiger partial charge in [-0.3, -0.25) is 14.2 Å². The zero-order valence-electron chi connectivity index (χ0n) is 16.9. The Hall–Kier alpha value is -3.48. The van der Waals surface area contributed by atoms with Gasteiger partial charge in [0.15, 0.2) is 0 Å². The van der Waals surface area contributed by atoms with Crippen LogP contribution in [-0.4, -0.2) is 42.4 Å². The van der Waals surface area contributed by atoms with Crippen LogP contribution in [-0.2, 0) is 19.6 Å². The number of pyridine rings is 1. The Morgan fingerprint density at radius 2 is 1.93 bits per heavy atom. The minimum absolute atomic E-state index is 0.0448. The van der Waals surface area contributed by atoms with Crippen molar-refractivity contribution >= 4 is 16.8 Å². The van der Waals surface area contributed by atoms with E-state index in [2.05, 4.69) is 10.2 Å². The van der Waals surface area contributed by atoms with Crippen LogP contribution in [0.3, 0.4) is 0 Å². The zero-order chi connectivity index (χ0) is 20.4. The maximum absolute atomic E-state index is 13.4. The monoisotopic (exact) mass is 388 g/mol. The lowest BCUT2D eigenvalue weighted by Crippen LogP contribution is -2.27. The average Bonchev–Trinajstić information content (AvgIpc) is 3.41. The Labute approximate surface area is 169 Å². The summed E-state index contributed by atoms with van der Waals surface area (Å²) in [6.45, 7) is 6.13. The molecule has 1 aromatic carbocycles. The third-order valence-electron chi connectivity index (χ3n) is 5.05. The molecule has 0 aliphatic carbocycles. The van der Waals surface area contributed by atoms with Crippen LogP contribution >= 0.6 is 0 Å². The van der Waals surface area contributed by atoms with Gasteiger partial charge in [-0.1, -0.05) is 18.2 Å². The first-order chi connectivity index (χ1) is 14.1. The van der Waals surface area contributed by atoms with Gasteiger partial charge in [-0.15, -0.1) is 0 Å². The van der Waals surface area contributed by atoms with Crippen molar-refractivity contribution in [3.8, 4) is 11.3 Å². The second-order valence-corrected chi connectivity index (χ2v) is 6.96. The number of amides is 1. The zero-order valence-corrected chi connectivity index (χ0v) is 16.9. The third-order valence-corrected chi connectivity index (χ3v) is 5.05. The van der Waals surface area contributed by atoms with Gasteiger partial charge in [0.2, 0.25) is 0 Å². The molecule has 0 fully saturated rings. The van der Waals surface area contributed by atoms with Crippen molar-refractivity contribution in [3.63, 3.8) is 0 Å². The fourth-order valence-electron chi connectivity index (χ4n) is 3.47. The van der Waals surface area contributed by atoms with Crippen molar-refractivity contribution in [1.82, 2.24) is 29.4 Å². The number of benzene rings is 1.